The molecule has 2 heterocycles. The van der Waals surface area contributed by atoms with Gasteiger partial charge in [0.25, 0.3) is 5.91 Å². The molecular weight excluding hydrogens is 462 g/mol. The van der Waals surface area contributed by atoms with Crippen molar-refractivity contribution in [2.45, 2.75) is 50.5 Å². The molecule has 1 saturated heterocycles. The minimum Gasteiger partial charge on any atom is -0.324 e. The molecule has 35 heavy (non-hydrogen) atoms. The van der Waals surface area contributed by atoms with E-state index in [2.05, 4.69) is 12.2 Å². The van der Waals surface area contributed by atoms with Gasteiger partial charge in [0, 0.05) is 35.1 Å². The number of amides is 2. The molecular formula is C27H29N3O4S. The summed E-state index contributed by atoms with van der Waals surface area (Å²) in [5.74, 6) is -0.375. The first kappa shape index (κ1) is 23.5. The van der Waals surface area contributed by atoms with Gasteiger partial charge in [0.2, 0.25) is 15.9 Å². The Hall–Kier alpha value is -3.23. The summed E-state index contributed by atoms with van der Waals surface area (Å²) in [5.41, 5.74) is 3.05. The number of aryl methyl sites for hydroxylation is 1. The molecule has 0 aliphatic carbocycles. The summed E-state index contributed by atoms with van der Waals surface area (Å²) >= 11 is 0. The summed E-state index contributed by atoms with van der Waals surface area (Å²) < 4.78 is 27.9. The van der Waals surface area contributed by atoms with Gasteiger partial charge in [0.15, 0.2) is 0 Å². The number of nitrogens with zero attached hydrogens (tertiary/aromatic N) is 2. The fraction of sp³-hybridized carbons (Fsp3) is 0.333. The first-order chi connectivity index (χ1) is 16.8. The van der Waals surface area contributed by atoms with Crippen LogP contribution in [0.1, 0.15) is 48.5 Å². The Balaban J connectivity index is 1.44. The first-order valence-electron chi connectivity index (χ1n) is 12.1. The van der Waals surface area contributed by atoms with Crippen molar-refractivity contribution < 1.29 is 18.0 Å². The predicted octanol–water partition coefficient (Wildman–Crippen LogP) is 4.70. The van der Waals surface area contributed by atoms with Crippen LogP contribution >= 0.6 is 0 Å². The predicted molar refractivity (Wildman–Crippen MR) is 137 cm³/mol. The van der Waals surface area contributed by atoms with Crippen molar-refractivity contribution in [3.63, 3.8) is 0 Å². The Bertz CT molecular complexity index is 1420. The average molecular weight is 492 g/mol. The van der Waals surface area contributed by atoms with Crippen molar-refractivity contribution in [3.05, 3.63) is 65.7 Å². The summed E-state index contributed by atoms with van der Waals surface area (Å²) in [7, 11) is -3.79. The van der Waals surface area contributed by atoms with Crippen LogP contribution in [0, 0.1) is 6.92 Å². The van der Waals surface area contributed by atoms with Crippen LogP contribution in [0.3, 0.4) is 0 Å². The molecule has 2 aliphatic heterocycles. The minimum atomic E-state index is -3.79. The van der Waals surface area contributed by atoms with Gasteiger partial charge in [0.1, 0.15) is 6.04 Å². The number of benzene rings is 3. The average Bonchev–Trinajstić information content (AvgIpc) is 3.45. The van der Waals surface area contributed by atoms with E-state index in [-0.39, 0.29) is 16.7 Å². The number of anilines is 2. The smallest absolute Gasteiger partial charge is 0.258 e. The summed E-state index contributed by atoms with van der Waals surface area (Å²) in [6.07, 6.45) is 2.98. The van der Waals surface area contributed by atoms with Crippen molar-refractivity contribution >= 4 is 44.0 Å². The van der Waals surface area contributed by atoms with Gasteiger partial charge in [-0.2, -0.15) is 4.31 Å². The van der Waals surface area contributed by atoms with Gasteiger partial charge >= 0.3 is 0 Å². The summed E-state index contributed by atoms with van der Waals surface area (Å²) in [5, 5.41) is 4.59. The van der Waals surface area contributed by atoms with Crippen LogP contribution in [0.4, 0.5) is 11.4 Å². The zero-order chi connectivity index (χ0) is 24.7. The maximum absolute atomic E-state index is 13.4. The topological polar surface area (TPSA) is 86.8 Å². The number of rotatable bonds is 7. The molecule has 2 amide bonds. The van der Waals surface area contributed by atoms with Gasteiger partial charge in [-0.15, -0.1) is 0 Å². The van der Waals surface area contributed by atoms with E-state index >= 15 is 0 Å². The Morgan fingerprint density at radius 2 is 1.86 bits per heavy atom. The quantitative estimate of drug-likeness (QED) is 0.519. The normalized spacial score (nSPS) is 17.9. The van der Waals surface area contributed by atoms with Crippen LogP contribution in [0.2, 0.25) is 0 Å². The summed E-state index contributed by atoms with van der Waals surface area (Å²) in [6.45, 7) is 4.95. The maximum Gasteiger partial charge on any atom is 0.258 e. The lowest BCUT2D eigenvalue weighted by Gasteiger charge is -2.24. The van der Waals surface area contributed by atoms with Crippen LogP contribution < -0.4 is 10.2 Å². The lowest BCUT2D eigenvalue weighted by molar-refractivity contribution is -0.119. The molecule has 0 radical (unpaired) electrons. The number of sulfonamides is 1. The van der Waals surface area contributed by atoms with E-state index in [1.807, 2.05) is 37.3 Å². The van der Waals surface area contributed by atoms with Crippen molar-refractivity contribution in [2.24, 2.45) is 0 Å². The lowest BCUT2D eigenvalue weighted by Crippen LogP contribution is -2.43. The van der Waals surface area contributed by atoms with Gasteiger partial charge in [-0.05, 0) is 56.5 Å². The van der Waals surface area contributed by atoms with E-state index in [1.54, 1.807) is 29.2 Å². The first-order valence-corrected chi connectivity index (χ1v) is 13.5. The number of unbranched alkanes of at least 4 members (excludes halogenated alkanes) is 1. The van der Waals surface area contributed by atoms with E-state index in [0.29, 0.717) is 37.2 Å². The highest BCUT2D eigenvalue weighted by Crippen LogP contribution is 2.41. The van der Waals surface area contributed by atoms with Crippen molar-refractivity contribution in [1.82, 2.24) is 4.31 Å². The van der Waals surface area contributed by atoms with E-state index in [1.165, 1.54) is 4.31 Å². The second-order valence-corrected chi connectivity index (χ2v) is 11.1. The van der Waals surface area contributed by atoms with Crippen LogP contribution in [0.15, 0.2) is 59.5 Å². The highest BCUT2D eigenvalue weighted by Gasteiger charge is 2.40. The van der Waals surface area contributed by atoms with Gasteiger partial charge in [-0.25, -0.2) is 8.42 Å². The van der Waals surface area contributed by atoms with Gasteiger partial charge in [-0.1, -0.05) is 43.2 Å². The Morgan fingerprint density at radius 1 is 1.09 bits per heavy atom. The van der Waals surface area contributed by atoms with Crippen molar-refractivity contribution in [2.75, 3.05) is 23.3 Å². The molecule has 1 fully saturated rings. The second kappa shape index (κ2) is 9.09. The van der Waals surface area contributed by atoms with E-state index in [4.69, 9.17) is 0 Å². The van der Waals surface area contributed by atoms with Crippen LogP contribution in [0.25, 0.3) is 10.8 Å². The van der Waals surface area contributed by atoms with Crippen LogP contribution in [0.5, 0.6) is 0 Å². The van der Waals surface area contributed by atoms with Crippen LogP contribution in [-0.2, 0) is 14.8 Å². The van der Waals surface area contributed by atoms with Crippen LogP contribution in [-0.4, -0.2) is 43.7 Å². The highest BCUT2D eigenvalue weighted by atomic mass is 32.2. The second-order valence-electron chi connectivity index (χ2n) is 9.25. The third-order valence-corrected chi connectivity index (χ3v) is 8.83. The highest BCUT2D eigenvalue weighted by molar-refractivity contribution is 7.89. The molecule has 3 aromatic rings. The zero-order valence-corrected chi connectivity index (χ0v) is 20.8. The molecule has 3 aromatic carbocycles. The fourth-order valence-corrected chi connectivity index (χ4v) is 6.70. The lowest BCUT2D eigenvalue weighted by atomic mass is 10.0. The Morgan fingerprint density at radius 3 is 2.60 bits per heavy atom. The number of carbonyl (C=O) groups excluding carboxylic acids is 2. The number of nitrogens with one attached hydrogen (secondary N) is 1. The monoisotopic (exact) mass is 491 g/mol. The molecule has 0 bridgehead atoms. The standard InChI is InChI=1S/C27H29N3O4S/c1-3-4-16-29-23-15-14-22(20-7-5-8-21(25(20)23)27(29)32)28-26(31)24-9-6-17-30(24)35(33,34)19-12-10-18(2)11-13-19/h5,7-8,10-15,24H,3-4,6,9,16-17H2,1-2H3,(H,28,31). The molecule has 0 saturated carbocycles. The molecule has 2 aliphatic rings. The van der Waals surface area contributed by atoms with Gasteiger partial charge < -0.3 is 10.2 Å². The molecule has 1 unspecified atom stereocenters. The molecule has 1 N–H and O–H groups in total. The molecule has 182 valence electrons. The Labute approximate surface area is 205 Å². The molecule has 8 heteroatoms. The van der Waals surface area contributed by atoms with E-state index in [0.717, 1.165) is 34.9 Å². The number of carbonyl (C=O) groups is 2. The summed E-state index contributed by atoms with van der Waals surface area (Å²) in [4.78, 5) is 28.4. The third-order valence-electron chi connectivity index (χ3n) is 6.91. The molecule has 1 atom stereocenters. The molecule has 0 aromatic heterocycles. The SMILES string of the molecule is CCCCN1C(=O)c2cccc3c(NC(=O)C4CCCN4S(=O)(=O)c4ccc(C)cc4)ccc1c23. The zero-order valence-electron chi connectivity index (χ0n) is 20.0. The molecule has 7 nitrogen and oxygen atoms in total. The number of hydrogen-bond acceptors (Lipinski definition) is 4. The van der Waals surface area contributed by atoms with Gasteiger partial charge in [-0.3, -0.25) is 9.59 Å². The minimum absolute atomic E-state index is 0.0197. The molecule has 0 spiro atoms. The Kier molecular flexibility index (Phi) is 6.11. The third kappa shape index (κ3) is 4.00. The van der Waals surface area contributed by atoms with E-state index in [9.17, 15) is 18.0 Å². The molecule has 5 rings (SSSR count). The van der Waals surface area contributed by atoms with Gasteiger partial charge in [0.05, 0.1) is 10.6 Å². The van der Waals surface area contributed by atoms with Crippen molar-refractivity contribution in [1.29, 1.82) is 0 Å². The van der Waals surface area contributed by atoms with Crippen molar-refractivity contribution in [3.8, 4) is 0 Å². The van der Waals surface area contributed by atoms with E-state index < -0.39 is 16.1 Å². The fourth-order valence-electron chi connectivity index (χ4n) is 5.04. The largest absolute Gasteiger partial charge is 0.324 e. The maximum atomic E-state index is 13.4. The number of hydrogen-bond donors (Lipinski definition) is 1. The summed E-state index contributed by atoms with van der Waals surface area (Å²) in [6, 6.07) is 15.1.